The minimum Gasteiger partial charge on any atom is -0.322 e. The van der Waals surface area contributed by atoms with Gasteiger partial charge in [-0.05, 0) is 12.5 Å². The van der Waals surface area contributed by atoms with Crippen molar-refractivity contribution >= 4 is 11.7 Å². The van der Waals surface area contributed by atoms with Gasteiger partial charge in [-0.3, -0.25) is 15.6 Å². The summed E-state index contributed by atoms with van der Waals surface area (Å²) >= 11 is 0. The number of hydrazine groups is 1. The van der Waals surface area contributed by atoms with Crippen LogP contribution in [0, 0.1) is 6.92 Å². The van der Waals surface area contributed by atoms with E-state index in [0.29, 0.717) is 12.3 Å². The first-order valence-corrected chi connectivity index (χ1v) is 5.10. The largest absolute Gasteiger partial charge is 0.322 e. The van der Waals surface area contributed by atoms with Crippen LogP contribution in [-0.2, 0) is 4.79 Å². The predicted molar refractivity (Wildman–Crippen MR) is 61.4 cm³/mol. The first-order chi connectivity index (χ1) is 7.70. The van der Waals surface area contributed by atoms with Gasteiger partial charge in [-0.1, -0.05) is 29.8 Å². The molecule has 0 aliphatic carbocycles. The van der Waals surface area contributed by atoms with Crippen LogP contribution in [0.2, 0.25) is 0 Å². The Morgan fingerprint density at radius 2 is 2.00 bits per heavy atom. The second kappa shape index (κ2) is 4.22. The molecule has 0 spiro atoms. The van der Waals surface area contributed by atoms with E-state index in [1.165, 1.54) is 5.56 Å². The van der Waals surface area contributed by atoms with Gasteiger partial charge in [-0.25, -0.2) is 0 Å². The lowest BCUT2D eigenvalue weighted by atomic mass is 9.92. The molecule has 1 aliphatic rings. The average Bonchev–Trinajstić information content (AvgIpc) is 2.30. The Hall–Kier alpha value is -2.04. The molecule has 1 aromatic carbocycles. The zero-order chi connectivity index (χ0) is 11.5. The van der Waals surface area contributed by atoms with Gasteiger partial charge in [0, 0.05) is 6.42 Å². The molecule has 5 heteroatoms. The highest BCUT2D eigenvalue weighted by atomic mass is 16.2. The number of aryl methyl sites for hydroxylation is 1. The van der Waals surface area contributed by atoms with Gasteiger partial charge in [0.25, 0.3) is 0 Å². The first-order valence-electron chi connectivity index (χ1n) is 5.10. The molecule has 1 saturated heterocycles. The number of hydrazone groups is 1. The van der Waals surface area contributed by atoms with Gasteiger partial charge in [-0.15, -0.1) is 0 Å². The van der Waals surface area contributed by atoms with Crippen molar-refractivity contribution in [2.75, 3.05) is 0 Å². The number of amides is 1. The van der Waals surface area contributed by atoms with Gasteiger partial charge < -0.3 is 5.84 Å². The van der Waals surface area contributed by atoms with Gasteiger partial charge in [0.15, 0.2) is 0 Å². The van der Waals surface area contributed by atoms with E-state index in [0.717, 1.165) is 5.56 Å². The second-order valence-corrected chi connectivity index (χ2v) is 3.85. The van der Waals surface area contributed by atoms with Crippen LogP contribution in [0.1, 0.15) is 23.5 Å². The van der Waals surface area contributed by atoms with E-state index in [1.807, 2.05) is 31.2 Å². The van der Waals surface area contributed by atoms with Crippen molar-refractivity contribution in [1.29, 1.82) is 0 Å². The van der Waals surface area contributed by atoms with Crippen LogP contribution in [0.4, 0.5) is 0 Å². The Balaban J connectivity index is 2.29. The third kappa shape index (κ3) is 1.98. The van der Waals surface area contributed by atoms with Gasteiger partial charge >= 0.3 is 0 Å². The molecule has 2 rings (SSSR count). The lowest BCUT2D eigenvalue weighted by Crippen LogP contribution is -2.50. The highest BCUT2D eigenvalue weighted by Gasteiger charge is 2.26. The van der Waals surface area contributed by atoms with Crippen molar-refractivity contribution in [2.24, 2.45) is 10.9 Å². The van der Waals surface area contributed by atoms with Crippen molar-refractivity contribution in [1.82, 2.24) is 10.9 Å². The van der Waals surface area contributed by atoms with E-state index in [1.54, 1.807) is 0 Å². The van der Waals surface area contributed by atoms with Crippen LogP contribution in [0.15, 0.2) is 29.4 Å². The molecule has 1 atom stereocenters. The minimum absolute atomic E-state index is 0.0574. The number of rotatable bonds is 1. The maximum absolute atomic E-state index is 11.3. The number of carbonyl (C=O) groups is 1. The monoisotopic (exact) mass is 218 g/mol. The topological polar surface area (TPSA) is 79.5 Å². The standard InChI is InChI=1S/C11H14N4O/c1-7-2-4-8(5-3-7)9-6-10(16)14-15-11(9)13-12/h2-5,9H,6,12H2,1H3,(H,13,15)(H,14,16). The third-order valence-corrected chi connectivity index (χ3v) is 2.67. The lowest BCUT2D eigenvalue weighted by Gasteiger charge is -2.25. The van der Waals surface area contributed by atoms with Crippen molar-refractivity contribution in [2.45, 2.75) is 19.3 Å². The zero-order valence-electron chi connectivity index (χ0n) is 9.03. The summed E-state index contributed by atoms with van der Waals surface area (Å²) in [6, 6.07) is 8.00. The number of nitrogens with zero attached hydrogens (tertiary/aromatic N) is 1. The maximum Gasteiger partial charge on any atom is 0.239 e. The smallest absolute Gasteiger partial charge is 0.239 e. The number of amidine groups is 1. The molecule has 84 valence electrons. The van der Waals surface area contributed by atoms with E-state index in [9.17, 15) is 4.79 Å². The summed E-state index contributed by atoms with van der Waals surface area (Å²) in [5.74, 6) is 5.73. The molecular weight excluding hydrogens is 204 g/mol. The third-order valence-electron chi connectivity index (χ3n) is 2.67. The number of hydrogen-bond acceptors (Lipinski definition) is 3. The molecular formula is C11H14N4O. The van der Waals surface area contributed by atoms with Crippen LogP contribution in [0.25, 0.3) is 0 Å². The quantitative estimate of drug-likeness (QED) is 0.471. The van der Waals surface area contributed by atoms with Gasteiger partial charge in [0.1, 0.15) is 5.84 Å². The molecule has 16 heavy (non-hydrogen) atoms. The summed E-state index contributed by atoms with van der Waals surface area (Å²) < 4.78 is 0. The Bertz CT molecular complexity index is 424. The fraction of sp³-hybridized carbons (Fsp3) is 0.273. The summed E-state index contributed by atoms with van der Waals surface area (Å²) in [7, 11) is 0. The van der Waals surface area contributed by atoms with E-state index < -0.39 is 0 Å². The Morgan fingerprint density at radius 1 is 1.31 bits per heavy atom. The van der Waals surface area contributed by atoms with Crippen molar-refractivity contribution in [3.05, 3.63) is 35.4 Å². The first kappa shape index (κ1) is 10.5. The van der Waals surface area contributed by atoms with Gasteiger partial charge in [-0.2, -0.15) is 5.10 Å². The molecule has 1 aliphatic heterocycles. The van der Waals surface area contributed by atoms with E-state index in [4.69, 9.17) is 5.84 Å². The molecule has 0 saturated carbocycles. The fourth-order valence-electron chi connectivity index (χ4n) is 1.75. The van der Waals surface area contributed by atoms with Crippen LogP contribution in [0.3, 0.4) is 0 Å². The summed E-state index contributed by atoms with van der Waals surface area (Å²) in [4.78, 5) is 11.3. The molecule has 4 N–H and O–H groups in total. The minimum atomic E-state index is -0.0839. The van der Waals surface area contributed by atoms with Crippen LogP contribution in [-0.4, -0.2) is 11.7 Å². The average molecular weight is 218 g/mol. The number of carbonyl (C=O) groups excluding carboxylic acids is 1. The molecule has 1 fully saturated rings. The van der Waals surface area contributed by atoms with Crippen molar-refractivity contribution in [3.8, 4) is 0 Å². The summed E-state index contributed by atoms with van der Waals surface area (Å²) in [5.41, 5.74) is 7.42. The second-order valence-electron chi connectivity index (χ2n) is 3.85. The number of nitrogens with one attached hydrogen (secondary N) is 2. The number of nitrogens with two attached hydrogens (primary N) is 1. The number of hydrogen-bond donors (Lipinski definition) is 3. The molecule has 5 nitrogen and oxygen atoms in total. The lowest BCUT2D eigenvalue weighted by molar-refractivity contribution is -0.122. The summed E-state index contributed by atoms with van der Waals surface area (Å²) in [5, 5.41) is 3.65. The summed E-state index contributed by atoms with van der Waals surface area (Å²) in [6.45, 7) is 2.02. The maximum atomic E-state index is 11.3. The van der Waals surface area contributed by atoms with E-state index in [-0.39, 0.29) is 11.8 Å². The zero-order valence-corrected chi connectivity index (χ0v) is 9.03. The van der Waals surface area contributed by atoms with Crippen LogP contribution in [0.5, 0.6) is 0 Å². The van der Waals surface area contributed by atoms with Crippen molar-refractivity contribution < 1.29 is 4.79 Å². The number of benzene rings is 1. The predicted octanol–water partition coefficient (Wildman–Crippen LogP) is 0.375. The Labute approximate surface area is 93.7 Å². The Morgan fingerprint density at radius 3 is 2.62 bits per heavy atom. The highest BCUT2D eigenvalue weighted by molar-refractivity contribution is 5.97. The van der Waals surface area contributed by atoms with E-state index in [2.05, 4.69) is 16.0 Å². The normalized spacial score (nSPS) is 22.7. The molecule has 1 unspecified atom stereocenters. The molecule has 0 radical (unpaired) electrons. The fourth-order valence-corrected chi connectivity index (χ4v) is 1.75. The molecule has 1 amide bonds. The van der Waals surface area contributed by atoms with Crippen LogP contribution < -0.4 is 16.7 Å². The Kier molecular flexibility index (Phi) is 2.76. The van der Waals surface area contributed by atoms with Gasteiger partial charge in [0.05, 0.1) is 5.92 Å². The SMILES string of the molecule is Cc1ccc(C2CC(=O)NNC2=NN)cc1. The molecule has 1 heterocycles. The van der Waals surface area contributed by atoms with Gasteiger partial charge in [0.2, 0.25) is 5.91 Å². The molecule has 1 aromatic rings. The van der Waals surface area contributed by atoms with Crippen molar-refractivity contribution in [3.63, 3.8) is 0 Å². The summed E-state index contributed by atoms with van der Waals surface area (Å²) in [6.07, 6.45) is 0.367. The highest BCUT2D eigenvalue weighted by Crippen LogP contribution is 2.22. The molecule has 0 aromatic heterocycles. The van der Waals surface area contributed by atoms with Crippen LogP contribution >= 0.6 is 0 Å². The molecule has 0 bridgehead atoms. The van der Waals surface area contributed by atoms with E-state index >= 15 is 0 Å².